The molecule has 5 rings (SSSR count). The third-order valence-electron chi connectivity index (χ3n) is 4.68. The molecule has 0 radical (unpaired) electrons. The summed E-state index contributed by atoms with van der Waals surface area (Å²) in [5.74, 6) is 0.944. The molecule has 0 aliphatic carbocycles. The summed E-state index contributed by atoms with van der Waals surface area (Å²) in [6.45, 7) is 0.737. The van der Waals surface area contributed by atoms with Crippen LogP contribution in [0.2, 0.25) is 5.02 Å². The van der Waals surface area contributed by atoms with Gasteiger partial charge in [0.15, 0.2) is 0 Å². The summed E-state index contributed by atoms with van der Waals surface area (Å²) >= 11 is 6.05. The van der Waals surface area contributed by atoms with Crippen molar-refractivity contribution >= 4 is 28.4 Å². The Balaban J connectivity index is 1.75. The Labute approximate surface area is 156 Å². The van der Waals surface area contributed by atoms with Gasteiger partial charge < -0.3 is 4.57 Å². The first-order chi connectivity index (χ1) is 12.8. The van der Waals surface area contributed by atoms with Crippen molar-refractivity contribution in [3.05, 3.63) is 95.6 Å². The molecule has 0 amide bonds. The molecule has 0 fully saturated rings. The third kappa shape index (κ3) is 2.49. The molecule has 0 unspecified atom stereocenters. The minimum absolute atomic E-state index is 0.737. The van der Waals surface area contributed by atoms with Gasteiger partial charge in [-0.25, -0.2) is 4.98 Å². The van der Waals surface area contributed by atoms with Crippen LogP contribution in [0.3, 0.4) is 0 Å². The molecule has 0 spiro atoms. The van der Waals surface area contributed by atoms with Gasteiger partial charge in [0, 0.05) is 11.2 Å². The standard InChI is InChI=1S/C22H16ClN3/c23-18-12-10-16(11-13-18)14-25-21(17-6-2-1-3-7-17)15-26-20-9-5-4-8-19(20)24-22(25)26/h1-13,15H,14H2. The zero-order valence-electron chi connectivity index (χ0n) is 14.0. The van der Waals surface area contributed by atoms with Gasteiger partial charge in [-0.1, -0.05) is 66.2 Å². The van der Waals surface area contributed by atoms with Crippen LogP contribution in [0, 0.1) is 0 Å². The molecule has 3 aromatic carbocycles. The highest BCUT2D eigenvalue weighted by atomic mass is 35.5. The van der Waals surface area contributed by atoms with Crippen molar-refractivity contribution in [1.82, 2.24) is 14.0 Å². The van der Waals surface area contributed by atoms with Gasteiger partial charge in [0.2, 0.25) is 5.78 Å². The van der Waals surface area contributed by atoms with Gasteiger partial charge >= 0.3 is 0 Å². The van der Waals surface area contributed by atoms with E-state index < -0.39 is 0 Å². The number of fused-ring (bicyclic) bond motifs is 3. The first-order valence-corrected chi connectivity index (χ1v) is 8.93. The molecule has 26 heavy (non-hydrogen) atoms. The predicted octanol–water partition coefficient (Wildman–Crippen LogP) is 5.66. The molecule has 4 heteroatoms. The minimum Gasteiger partial charge on any atom is -0.305 e. The van der Waals surface area contributed by atoms with Gasteiger partial charge in [-0.3, -0.25) is 4.40 Å². The number of halogens is 1. The largest absolute Gasteiger partial charge is 0.305 e. The van der Waals surface area contributed by atoms with E-state index in [-0.39, 0.29) is 0 Å². The number of aromatic nitrogens is 3. The monoisotopic (exact) mass is 357 g/mol. The van der Waals surface area contributed by atoms with E-state index in [9.17, 15) is 0 Å². The van der Waals surface area contributed by atoms with Crippen molar-refractivity contribution < 1.29 is 0 Å². The van der Waals surface area contributed by atoms with Crippen molar-refractivity contribution in [1.29, 1.82) is 0 Å². The summed E-state index contributed by atoms with van der Waals surface area (Å²) in [4.78, 5) is 4.87. The Morgan fingerprint density at radius 2 is 1.54 bits per heavy atom. The number of para-hydroxylation sites is 2. The maximum atomic E-state index is 6.05. The Kier molecular flexibility index (Phi) is 3.54. The van der Waals surface area contributed by atoms with Crippen LogP contribution in [0.5, 0.6) is 0 Å². The number of hydrogen-bond donors (Lipinski definition) is 0. The number of nitrogens with zero attached hydrogens (tertiary/aromatic N) is 3. The highest BCUT2D eigenvalue weighted by Gasteiger charge is 2.15. The van der Waals surface area contributed by atoms with Crippen LogP contribution in [-0.4, -0.2) is 14.0 Å². The number of hydrogen-bond acceptors (Lipinski definition) is 1. The summed E-state index contributed by atoms with van der Waals surface area (Å²) in [5, 5.41) is 0.751. The molecule has 0 N–H and O–H groups in total. The van der Waals surface area contributed by atoms with Gasteiger partial charge in [0.05, 0.1) is 23.3 Å². The molecule has 5 aromatic rings. The highest BCUT2D eigenvalue weighted by molar-refractivity contribution is 6.30. The van der Waals surface area contributed by atoms with Gasteiger partial charge in [-0.15, -0.1) is 0 Å². The lowest BCUT2D eigenvalue weighted by molar-refractivity contribution is 0.827. The van der Waals surface area contributed by atoms with E-state index >= 15 is 0 Å². The lowest BCUT2D eigenvalue weighted by Gasteiger charge is -2.09. The van der Waals surface area contributed by atoms with Crippen molar-refractivity contribution in [3.8, 4) is 11.3 Å². The second-order valence-electron chi connectivity index (χ2n) is 6.36. The molecule has 0 atom stereocenters. The molecule has 0 aliphatic rings. The number of imidazole rings is 2. The molecule has 2 heterocycles. The normalized spacial score (nSPS) is 11.4. The van der Waals surface area contributed by atoms with Crippen molar-refractivity contribution in [2.45, 2.75) is 6.54 Å². The summed E-state index contributed by atoms with van der Waals surface area (Å²) in [7, 11) is 0. The quantitative estimate of drug-likeness (QED) is 0.408. The fourth-order valence-corrected chi connectivity index (χ4v) is 3.54. The van der Waals surface area contributed by atoms with Crippen LogP contribution in [0.1, 0.15) is 5.56 Å². The molecular weight excluding hydrogens is 342 g/mol. The van der Waals surface area contributed by atoms with Crippen molar-refractivity contribution in [2.24, 2.45) is 0 Å². The zero-order valence-corrected chi connectivity index (χ0v) is 14.8. The topological polar surface area (TPSA) is 22.2 Å². The van der Waals surface area contributed by atoms with E-state index in [4.69, 9.17) is 16.6 Å². The first kappa shape index (κ1) is 15.2. The van der Waals surface area contributed by atoms with Gasteiger partial charge in [-0.2, -0.15) is 0 Å². The second kappa shape index (κ2) is 6.04. The highest BCUT2D eigenvalue weighted by Crippen LogP contribution is 2.27. The summed E-state index contributed by atoms with van der Waals surface area (Å²) in [6.07, 6.45) is 2.18. The fourth-order valence-electron chi connectivity index (χ4n) is 3.42. The van der Waals surface area contributed by atoms with Crippen LogP contribution in [-0.2, 0) is 6.54 Å². The molecule has 0 bridgehead atoms. The van der Waals surface area contributed by atoms with E-state index in [1.54, 1.807) is 0 Å². The molecule has 0 saturated heterocycles. The van der Waals surface area contributed by atoms with E-state index in [1.807, 2.05) is 24.3 Å². The van der Waals surface area contributed by atoms with Crippen LogP contribution in [0.15, 0.2) is 85.1 Å². The first-order valence-electron chi connectivity index (χ1n) is 8.56. The Morgan fingerprint density at radius 3 is 2.35 bits per heavy atom. The lowest BCUT2D eigenvalue weighted by Crippen LogP contribution is -2.02. The van der Waals surface area contributed by atoms with E-state index in [0.29, 0.717) is 0 Å². The third-order valence-corrected chi connectivity index (χ3v) is 4.94. The van der Waals surface area contributed by atoms with Gasteiger partial charge in [0.1, 0.15) is 0 Å². The Morgan fingerprint density at radius 1 is 0.808 bits per heavy atom. The van der Waals surface area contributed by atoms with Gasteiger partial charge in [0.25, 0.3) is 0 Å². The maximum absolute atomic E-state index is 6.05. The van der Waals surface area contributed by atoms with E-state index in [2.05, 4.69) is 69.8 Å². The average Bonchev–Trinajstić information content (AvgIpc) is 3.21. The lowest BCUT2D eigenvalue weighted by atomic mass is 10.1. The van der Waals surface area contributed by atoms with Crippen LogP contribution >= 0.6 is 11.6 Å². The van der Waals surface area contributed by atoms with E-state index in [1.165, 1.54) is 11.1 Å². The maximum Gasteiger partial charge on any atom is 0.215 e. The Hall–Kier alpha value is -3.04. The number of rotatable bonds is 3. The SMILES string of the molecule is Clc1ccc(Cn2c(-c3ccccc3)cn3c4ccccc4nc23)cc1. The van der Waals surface area contributed by atoms with Crippen LogP contribution < -0.4 is 0 Å². The molecule has 3 nitrogen and oxygen atoms in total. The smallest absolute Gasteiger partial charge is 0.215 e. The van der Waals surface area contributed by atoms with Crippen molar-refractivity contribution in [2.75, 3.05) is 0 Å². The van der Waals surface area contributed by atoms with Crippen LogP contribution in [0.4, 0.5) is 0 Å². The number of benzene rings is 3. The van der Waals surface area contributed by atoms with E-state index in [0.717, 1.165) is 34.1 Å². The molecular formula is C22H16ClN3. The zero-order chi connectivity index (χ0) is 17.5. The molecule has 0 saturated carbocycles. The van der Waals surface area contributed by atoms with Crippen LogP contribution in [0.25, 0.3) is 28.1 Å². The second-order valence-corrected chi connectivity index (χ2v) is 6.80. The summed E-state index contributed by atoms with van der Waals surface area (Å²) in [6, 6.07) is 26.7. The predicted molar refractivity (Wildman–Crippen MR) is 107 cm³/mol. The molecule has 0 aliphatic heterocycles. The fraction of sp³-hybridized carbons (Fsp3) is 0.0455. The minimum atomic E-state index is 0.737. The molecule has 126 valence electrons. The van der Waals surface area contributed by atoms with Crippen molar-refractivity contribution in [3.63, 3.8) is 0 Å². The summed E-state index contributed by atoms with van der Waals surface area (Å²) in [5.41, 5.74) is 5.64. The summed E-state index contributed by atoms with van der Waals surface area (Å²) < 4.78 is 4.44. The average molecular weight is 358 g/mol. The molecule has 2 aromatic heterocycles. The Bertz CT molecular complexity index is 1200. The van der Waals surface area contributed by atoms with Gasteiger partial charge in [-0.05, 0) is 35.4 Å².